The van der Waals surface area contributed by atoms with Crippen LogP contribution in [0.5, 0.6) is 11.5 Å². The summed E-state index contributed by atoms with van der Waals surface area (Å²) in [5, 5.41) is 0. The molecule has 142 valence electrons. The Morgan fingerprint density at radius 3 is 2.19 bits per heavy atom. The van der Waals surface area contributed by atoms with Gasteiger partial charge in [-0.05, 0) is 36.4 Å². The molecule has 0 N–H and O–H groups in total. The van der Waals surface area contributed by atoms with Crippen LogP contribution in [0.3, 0.4) is 0 Å². The van der Waals surface area contributed by atoms with Crippen LogP contribution < -0.4 is 14.3 Å². The van der Waals surface area contributed by atoms with Crippen molar-refractivity contribution in [3.8, 4) is 11.5 Å². The fraction of sp³-hybridized carbons (Fsp3) is 0.222. The monoisotopic (exact) mass is 406 g/mol. The predicted octanol–water partition coefficient (Wildman–Crippen LogP) is 2.40. The zero-order valence-electron chi connectivity index (χ0n) is 15.2. The molecule has 0 aliphatic heterocycles. The average Bonchev–Trinajstić information content (AvgIpc) is 2.97. The number of carbonyl (C=O) groups excluding carboxylic acids is 1. The molecule has 7 nitrogen and oxygen atoms in total. The lowest BCUT2D eigenvalue weighted by atomic mass is 10.2. The lowest BCUT2D eigenvalue weighted by molar-refractivity contribution is 0.0998. The molecule has 1 aromatic heterocycles. The van der Waals surface area contributed by atoms with Gasteiger partial charge in [0.15, 0.2) is 14.6 Å². The number of rotatable bonds is 4. The smallest absolute Gasteiger partial charge is 0.279 e. The van der Waals surface area contributed by atoms with Crippen LogP contribution in [0.1, 0.15) is 10.4 Å². The Hall–Kier alpha value is -2.65. The topological polar surface area (TPSA) is 87.0 Å². The summed E-state index contributed by atoms with van der Waals surface area (Å²) in [6.07, 6.45) is 1.12. The van der Waals surface area contributed by atoms with E-state index in [-0.39, 0.29) is 4.90 Å². The van der Waals surface area contributed by atoms with E-state index in [2.05, 4.69) is 4.99 Å². The van der Waals surface area contributed by atoms with Crippen LogP contribution in [0, 0.1) is 0 Å². The summed E-state index contributed by atoms with van der Waals surface area (Å²) in [5.74, 6) is 0.851. The second kappa shape index (κ2) is 7.16. The summed E-state index contributed by atoms with van der Waals surface area (Å²) >= 11 is 1.31. The van der Waals surface area contributed by atoms with Crippen molar-refractivity contribution in [2.75, 3.05) is 20.5 Å². The van der Waals surface area contributed by atoms with Crippen LogP contribution in [0.15, 0.2) is 46.3 Å². The fourth-order valence-corrected chi connectivity index (χ4v) is 4.38. The van der Waals surface area contributed by atoms with E-state index in [1.54, 1.807) is 38.0 Å². The highest BCUT2D eigenvalue weighted by Gasteiger charge is 2.15. The summed E-state index contributed by atoms with van der Waals surface area (Å²) in [7, 11) is 1.63. The minimum absolute atomic E-state index is 0.154. The number of nitrogens with zero attached hydrogens (tertiary/aromatic N) is 2. The molecule has 27 heavy (non-hydrogen) atoms. The number of ether oxygens (including phenoxy) is 2. The van der Waals surface area contributed by atoms with Gasteiger partial charge in [0, 0.05) is 18.9 Å². The molecule has 3 rings (SSSR count). The highest BCUT2D eigenvalue weighted by molar-refractivity contribution is 7.90. The van der Waals surface area contributed by atoms with Gasteiger partial charge in [0.2, 0.25) is 0 Å². The number of amides is 1. The molecular formula is C18H18N2O5S2. The van der Waals surface area contributed by atoms with Gasteiger partial charge >= 0.3 is 0 Å². The highest BCUT2D eigenvalue weighted by Crippen LogP contribution is 2.34. The molecule has 2 aromatic carbocycles. The van der Waals surface area contributed by atoms with Crippen LogP contribution in [0.2, 0.25) is 0 Å². The van der Waals surface area contributed by atoms with Crippen LogP contribution in [0.4, 0.5) is 0 Å². The third-order valence-electron chi connectivity index (χ3n) is 4.04. The van der Waals surface area contributed by atoms with Gasteiger partial charge in [-0.1, -0.05) is 11.3 Å². The molecule has 1 heterocycles. The molecule has 0 saturated heterocycles. The second-order valence-corrected chi connectivity index (χ2v) is 8.80. The molecule has 9 heteroatoms. The lowest BCUT2D eigenvalue weighted by Crippen LogP contribution is -2.13. The SMILES string of the molecule is COc1ccc(OC)c2c1sc(=NC(=O)c1ccc(S(C)(=O)=O)cc1)n2C. The van der Waals surface area contributed by atoms with Crippen LogP contribution in [0.25, 0.3) is 10.2 Å². The van der Waals surface area contributed by atoms with Gasteiger partial charge in [0.05, 0.1) is 19.1 Å². The van der Waals surface area contributed by atoms with Crippen molar-refractivity contribution < 1.29 is 22.7 Å². The molecule has 1 amide bonds. The second-order valence-electron chi connectivity index (χ2n) is 5.80. The summed E-state index contributed by atoms with van der Waals surface area (Å²) in [6.45, 7) is 0. The molecule has 0 fully saturated rings. The number of aryl methyl sites for hydroxylation is 1. The van der Waals surface area contributed by atoms with Gasteiger partial charge in [-0.25, -0.2) is 8.42 Å². The first-order chi connectivity index (χ1) is 12.8. The van der Waals surface area contributed by atoms with Gasteiger partial charge in [-0.2, -0.15) is 4.99 Å². The van der Waals surface area contributed by atoms with Crippen LogP contribution in [-0.4, -0.2) is 39.4 Å². The van der Waals surface area contributed by atoms with Gasteiger partial charge in [-0.15, -0.1) is 0 Å². The van der Waals surface area contributed by atoms with E-state index in [4.69, 9.17) is 9.47 Å². The Labute approximate surface area is 160 Å². The molecular weight excluding hydrogens is 388 g/mol. The van der Waals surface area contributed by atoms with E-state index in [1.807, 2.05) is 0 Å². The first-order valence-electron chi connectivity index (χ1n) is 7.86. The molecule has 0 unspecified atom stereocenters. The normalized spacial score (nSPS) is 12.4. The predicted molar refractivity (Wildman–Crippen MR) is 103 cm³/mol. The summed E-state index contributed by atoms with van der Waals surface area (Å²) < 4.78 is 36.4. The lowest BCUT2D eigenvalue weighted by Gasteiger charge is -2.06. The number of methoxy groups -OCH3 is 2. The van der Waals surface area contributed by atoms with E-state index in [0.29, 0.717) is 21.9 Å². The van der Waals surface area contributed by atoms with Crippen molar-refractivity contribution in [1.82, 2.24) is 4.57 Å². The molecule has 3 aromatic rings. The van der Waals surface area contributed by atoms with Crippen molar-refractivity contribution in [2.24, 2.45) is 12.0 Å². The number of hydrogen-bond acceptors (Lipinski definition) is 6. The molecule has 0 saturated carbocycles. The van der Waals surface area contributed by atoms with E-state index in [1.165, 1.54) is 35.6 Å². The van der Waals surface area contributed by atoms with Crippen molar-refractivity contribution in [3.63, 3.8) is 0 Å². The maximum atomic E-state index is 12.5. The van der Waals surface area contributed by atoms with E-state index in [0.717, 1.165) is 16.5 Å². The molecule has 0 aliphatic rings. The quantitative estimate of drug-likeness (QED) is 0.664. The van der Waals surface area contributed by atoms with Gasteiger partial charge in [0.1, 0.15) is 21.7 Å². The van der Waals surface area contributed by atoms with E-state index < -0.39 is 15.7 Å². The number of sulfone groups is 1. The largest absolute Gasteiger partial charge is 0.495 e. The maximum absolute atomic E-state index is 12.5. The van der Waals surface area contributed by atoms with Crippen molar-refractivity contribution >= 4 is 37.3 Å². The summed E-state index contributed by atoms with van der Waals surface area (Å²) in [6, 6.07) is 9.30. The number of aromatic nitrogens is 1. The molecule has 0 atom stereocenters. The summed E-state index contributed by atoms with van der Waals surface area (Å²) in [4.78, 5) is 17.3. The maximum Gasteiger partial charge on any atom is 0.279 e. The van der Waals surface area contributed by atoms with Crippen LogP contribution >= 0.6 is 11.3 Å². The Balaban J connectivity index is 2.10. The first-order valence-corrected chi connectivity index (χ1v) is 10.6. The van der Waals surface area contributed by atoms with Gasteiger partial charge in [0.25, 0.3) is 5.91 Å². The first kappa shape index (κ1) is 19.1. The van der Waals surface area contributed by atoms with Gasteiger partial charge in [-0.3, -0.25) is 4.79 Å². The fourth-order valence-electron chi connectivity index (χ4n) is 2.63. The van der Waals surface area contributed by atoms with E-state index in [9.17, 15) is 13.2 Å². The minimum atomic E-state index is -3.32. The third kappa shape index (κ3) is 3.60. The third-order valence-corrected chi connectivity index (χ3v) is 6.32. The highest BCUT2D eigenvalue weighted by atomic mass is 32.2. The average molecular weight is 406 g/mol. The number of fused-ring (bicyclic) bond motifs is 1. The molecule has 0 spiro atoms. The van der Waals surface area contributed by atoms with Crippen molar-refractivity contribution in [2.45, 2.75) is 4.90 Å². The summed E-state index contributed by atoms with van der Waals surface area (Å²) in [5.41, 5.74) is 1.08. The van der Waals surface area contributed by atoms with Crippen molar-refractivity contribution in [3.05, 3.63) is 46.8 Å². The zero-order chi connectivity index (χ0) is 19.8. The Bertz CT molecular complexity index is 1190. The Morgan fingerprint density at radius 1 is 1.04 bits per heavy atom. The molecule has 0 bridgehead atoms. The standard InChI is InChI=1S/C18H18N2O5S2/c1-20-15-13(24-2)9-10-14(25-3)16(15)26-18(20)19-17(21)11-5-7-12(8-6-11)27(4,22)23/h5-10H,1-4H3. The van der Waals surface area contributed by atoms with E-state index >= 15 is 0 Å². The molecule has 0 radical (unpaired) electrons. The van der Waals surface area contributed by atoms with Crippen molar-refractivity contribution in [1.29, 1.82) is 0 Å². The number of benzene rings is 2. The minimum Gasteiger partial charge on any atom is -0.495 e. The number of carbonyl (C=O) groups is 1. The van der Waals surface area contributed by atoms with Crippen LogP contribution in [-0.2, 0) is 16.9 Å². The number of hydrogen-bond donors (Lipinski definition) is 0. The Morgan fingerprint density at radius 2 is 1.63 bits per heavy atom. The Kier molecular flexibility index (Phi) is 5.07. The zero-order valence-corrected chi connectivity index (χ0v) is 16.8. The van der Waals surface area contributed by atoms with Gasteiger partial charge < -0.3 is 14.0 Å². The molecule has 0 aliphatic carbocycles. The number of thiazole rings is 1.